The van der Waals surface area contributed by atoms with Crippen molar-refractivity contribution in [3.05, 3.63) is 64.3 Å². The summed E-state index contributed by atoms with van der Waals surface area (Å²) < 4.78 is 39.8. The summed E-state index contributed by atoms with van der Waals surface area (Å²) in [4.78, 5) is -0.0916. The average molecular weight is 442 g/mol. The van der Waals surface area contributed by atoms with Gasteiger partial charge in [0, 0.05) is 17.3 Å². The first-order valence-corrected chi connectivity index (χ1v) is 10.3. The van der Waals surface area contributed by atoms with Crippen LogP contribution in [0.2, 0.25) is 10.0 Å². The van der Waals surface area contributed by atoms with E-state index in [0.29, 0.717) is 17.3 Å². The van der Waals surface area contributed by atoms with Gasteiger partial charge in [-0.05, 0) is 23.8 Å². The van der Waals surface area contributed by atoms with E-state index < -0.39 is 10.0 Å². The molecule has 28 heavy (non-hydrogen) atoms. The molecule has 0 saturated carbocycles. The fourth-order valence-electron chi connectivity index (χ4n) is 2.52. The number of rotatable bonds is 7. The summed E-state index contributed by atoms with van der Waals surface area (Å²) in [7, 11) is -1.20. The van der Waals surface area contributed by atoms with Crippen LogP contribution in [0.15, 0.2) is 53.6 Å². The Hall–Kier alpha value is -2.42. The van der Waals surface area contributed by atoms with Gasteiger partial charge in [0.1, 0.15) is 21.4 Å². The van der Waals surface area contributed by atoms with E-state index in [-0.39, 0.29) is 21.5 Å². The minimum absolute atomic E-state index is 0.00130. The van der Waals surface area contributed by atoms with E-state index in [9.17, 15) is 8.42 Å². The zero-order valence-corrected chi connectivity index (χ0v) is 17.3. The van der Waals surface area contributed by atoms with Gasteiger partial charge in [-0.3, -0.25) is 9.40 Å². The summed E-state index contributed by atoms with van der Waals surface area (Å²) in [6.45, 7) is 0.337. The van der Waals surface area contributed by atoms with Crippen LogP contribution in [-0.4, -0.2) is 32.4 Å². The third-order valence-corrected chi connectivity index (χ3v) is 5.90. The number of methoxy groups -OCH3 is 2. The van der Waals surface area contributed by atoms with Gasteiger partial charge < -0.3 is 9.47 Å². The quantitative estimate of drug-likeness (QED) is 0.597. The number of nitrogens with one attached hydrogen (secondary N) is 1. The standard InChI is InChI=1S/C18H17Cl2N3O4S/c1-26-13-7-8-16(27-2)17(9-13)28(24,25)22-18-15(20)11-23(21-18)10-12-5-3-4-6-14(12)19/h3-9,11H,10H2,1-2H3,(H,21,22). The third-order valence-electron chi connectivity index (χ3n) is 3.90. The summed E-state index contributed by atoms with van der Waals surface area (Å²) in [6.07, 6.45) is 1.52. The molecular formula is C18H17Cl2N3O4S. The molecule has 0 bridgehead atoms. The molecule has 0 aliphatic heterocycles. The molecule has 3 rings (SSSR count). The highest BCUT2D eigenvalue weighted by molar-refractivity contribution is 7.92. The van der Waals surface area contributed by atoms with Gasteiger partial charge in [-0.25, -0.2) is 8.42 Å². The molecule has 3 aromatic rings. The highest BCUT2D eigenvalue weighted by Crippen LogP contribution is 2.31. The summed E-state index contributed by atoms with van der Waals surface area (Å²) in [5.74, 6) is 0.537. The molecule has 0 aliphatic carbocycles. The van der Waals surface area contributed by atoms with E-state index >= 15 is 0 Å². The van der Waals surface area contributed by atoms with E-state index in [0.717, 1.165) is 5.56 Å². The molecule has 0 radical (unpaired) electrons. The molecule has 1 aromatic heterocycles. The summed E-state index contributed by atoms with van der Waals surface area (Å²) in [5.41, 5.74) is 0.826. The Labute approximate surface area is 172 Å². The molecule has 2 aromatic carbocycles. The normalized spacial score (nSPS) is 11.3. The van der Waals surface area contributed by atoms with E-state index in [2.05, 4.69) is 9.82 Å². The van der Waals surface area contributed by atoms with Crippen LogP contribution in [0, 0.1) is 0 Å². The van der Waals surface area contributed by atoms with Gasteiger partial charge in [-0.1, -0.05) is 41.4 Å². The van der Waals surface area contributed by atoms with Crippen molar-refractivity contribution in [1.29, 1.82) is 0 Å². The molecule has 0 spiro atoms. The Balaban J connectivity index is 1.89. The smallest absolute Gasteiger partial charge is 0.266 e. The van der Waals surface area contributed by atoms with Crippen molar-refractivity contribution in [2.75, 3.05) is 18.9 Å². The topological polar surface area (TPSA) is 82.4 Å². The Morgan fingerprint density at radius 1 is 1.07 bits per heavy atom. The minimum atomic E-state index is -4.02. The SMILES string of the molecule is COc1ccc(OC)c(S(=O)(=O)Nc2nn(Cc3ccccc3Cl)cc2Cl)c1. The number of sulfonamides is 1. The fraction of sp³-hybridized carbons (Fsp3) is 0.167. The van der Waals surface area contributed by atoms with Crippen LogP contribution in [0.4, 0.5) is 5.82 Å². The Morgan fingerprint density at radius 2 is 1.82 bits per heavy atom. The van der Waals surface area contributed by atoms with Crippen LogP contribution >= 0.6 is 23.2 Å². The molecule has 10 heteroatoms. The van der Waals surface area contributed by atoms with Crippen molar-refractivity contribution in [2.45, 2.75) is 11.4 Å². The average Bonchev–Trinajstić information content (AvgIpc) is 3.01. The van der Waals surface area contributed by atoms with Crippen molar-refractivity contribution in [3.8, 4) is 11.5 Å². The first-order chi connectivity index (χ1) is 13.3. The molecular weight excluding hydrogens is 425 g/mol. The third kappa shape index (κ3) is 4.35. The lowest BCUT2D eigenvalue weighted by molar-refractivity contribution is 0.392. The van der Waals surface area contributed by atoms with E-state index in [4.69, 9.17) is 32.7 Å². The second-order valence-electron chi connectivity index (χ2n) is 5.74. The highest BCUT2D eigenvalue weighted by Gasteiger charge is 2.23. The molecule has 0 amide bonds. The van der Waals surface area contributed by atoms with Gasteiger partial charge in [0.25, 0.3) is 10.0 Å². The number of ether oxygens (including phenoxy) is 2. The van der Waals surface area contributed by atoms with Crippen LogP contribution < -0.4 is 14.2 Å². The number of halogens is 2. The van der Waals surface area contributed by atoms with Gasteiger partial charge in [0.2, 0.25) is 0 Å². The van der Waals surface area contributed by atoms with Crippen LogP contribution in [0.1, 0.15) is 5.56 Å². The molecule has 1 heterocycles. The summed E-state index contributed by atoms with van der Waals surface area (Å²) >= 11 is 12.3. The number of nitrogens with zero attached hydrogens (tertiary/aromatic N) is 2. The van der Waals surface area contributed by atoms with Crippen LogP contribution in [0.25, 0.3) is 0 Å². The maximum Gasteiger partial charge on any atom is 0.266 e. The van der Waals surface area contributed by atoms with Gasteiger partial charge >= 0.3 is 0 Å². The van der Waals surface area contributed by atoms with Crippen LogP contribution in [0.5, 0.6) is 11.5 Å². The van der Waals surface area contributed by atoms with Gasteiger partial charge in [-0.2, -0.15) is 5.10 Å². The maximum atomic E-state index is 12.8. The van der Waals surface area contributed by atoms with Crippen molar-refractivity contribution >= 4 is 39.0 Å². The molecule has 0 atom stereocenters. The monoisotopic (exact) mass is 441 g/mol. The van der Waals surface area contributed by atoms with Crippen molar-refractivity contribution in [3.63, 3.8) is 0 Å². The second-order valence-corrected chi connectivity index (χ2v) is 8.20. The van der Waals surface area contributed by atoms with Crippen LogP contribution in [0.3, 0.4) is 0 Å². The first kappa shape index (κ1) is 20.3. The molecule has 148 valence electrons. The van der Waals surface area contributed by atoms with E-state index in [1.807, 2.05) is 18.2 Å². The summed E-state index contributed by atoms with van der Waals surface area (Å²) in [6, 6.07) is 11.8. The van der Waals surface area contributed by atoms with Crippen molar-refractivity contribution < 1.29 is 17.9 Å². The number of aromatic nitrogens is 2. The van der Waals surface area contributed by atoms with Gasteiger partial charge in [-0.15, -0.1) is 0 Å². The lowest BCUT2D eigenvalue weighted by Crippen LogP contribution is -2.15. The lowest BCUT2D eigenvalue weighted by Gasteiger charge is -2.12. The Bertz CT molecular complexity index is 1100. The van der Waals surface area contributed by atoms with Gasteiger partial charge in [0.05, 0.1) is 20.8 Å². The molecule has 0 fully saturated rings. The minimum Gasteiger partial charge on any atom is -0.497 e. The number of benzene rings is 2. The van der Waals surface area contributed by atoms with Gasteiger partial charge in [0.15, 0.2) is 5.82 Å². The zero-order valence-electron chi connectivity index (χ0n) is 15.0. The Kier molecular flexibility index (Phi) is 6.02. The highest BCUT2D eigenvalue weighted by atomic mass is 35.5. The Morgan fingerprint density at radius 3 is 2.50 bits per heavy atom. The van der Waals surface area contributed by atoms with Crippen molar-refractivity contribution in [1.82, 2.24) is 9.78 Å². The molecule has 0 aliphatic rings. The van der Waals surface area contributed by atoms with E-state index in [1.165, 1.54) is 37.2 Å². The van der Waals surface area contributed by atoms with Crippen molar-refractivity contribution in [2.24, 2.45) is 0 Å². The largest absolute Gasteiger partial charge is 0.497 e. The molecule has 1 N–H and O–H groups in total. The molecule has 0 unspecified atom stereocenters. The predicted molar refractivity (Wildman–Crippen MR) is 108 cm³/mol. The fourth-order valence-corrected chi connectivity index (χ4v) is 4.18. The van der Waals surface area contributed by atoms with Crippen LogP contribution in [-0.2, 0) is 16.6 Å². The number of hydrogen-bond donors (Lipinski definition) is 1. The predicted octanol–water partition coefficient (Wildman–Crippen LogP) is 4.06. The summed E-state index contributed by atoms with van der Waals surface area (Å²) in [5, 5.41) is 4.95. The molecule has 0 saturated heterocycles. The molecule has 7 nitrogen and oxygen atoms in total. The number of hydrogen-bond acceptors (Lipinski definition) is 5. The lowest BCUT2D eigenvalue weighted by atomic mass is 10.2. The maximum absolute atomic E-state index is 12.8. The second kappa shape index (κ2) is 8.30. The zero-order chi connectivity index (χ0) is 20.3. The number of anilines is 1. The first-order valence-electron chi connectivity index (χ1n) is 8.05. The van der Waals surface area contributed by atoms with E-state index in [1.54, 1.807) is 12.1 Å².